The van der Waals surface area contributed by atoms with Gasteiger partial charge in [0.2, 0.25) is 0 Å². The van der Waals surface area contributed by atoms with Crippen LogP contribution >= 0.6 is 11.6 Å². The molecule has 3 nitrogen and oxygen atoms in total. The Kier molecular flexibility index (Phi) is 5.62. The number of fused-ring (bicyclic) bond motifs is 1. The molecular weight excluding hydrogens is 353 g/mol. The highest BCUT2D eigenvalue weighted by molar-refractivity contribution is 6.31. The number of ether oxygens (including phenoxy) is 2. The van der Waals surface area contributed by atoms with Gasteiger partial charge in [0.15, 0.2) is 29.9 Å². The summed E-state index contributed by atoms with van der Waals surface area (Å²) in [5.41, 5.74) is 1.61. The molecule has 0 saturated carbocycles. The summed E-state index contributed by atoms with van der Waals surface area (Å²) in [7, 11) is 3.25. The summed E-state index contributed by atoms with van der Waals surface area (Å²) in [6.45, 7) is 2.51. The van der Waals surface area contributed by atoms with E-state index in [4.69, 9.17) is 21.1 Å². The van der Waals surface area contributed by atoms with Crippen LogP contribution < -0.4 is 14.0 Å². The minimum Gasteiger partial charge on any atom is -0.493 e. The molecule has 1 heterocycles. The highest BCUT2D eigenvalue weighted by Gasteiger charge is 2.20. The fraction of sp³-hybridized carbons (Fsp3) is 0.286. The van der Waals surface area contributed by atoms with Gasteiger partial charge in [-0.1, -0.05) is 24.6 Å². The van der Waals surface area contributed by atoms with Gasteiger partial charge < -0.3 is 9.47 Å². The van der Waals surface area contributed by atoms with Crippen molar-refractivity contribution in [3.05, 3.63) is 64.7 Å². The zero-order valence-corrected chi connectivity index (χ0v) is 15.9. The zero-order valence-electron chi connectivity index (χ0n) is 15.2. The minimum atomic E-state index is -0.292. The first kappa shape index (κ1) is 18.5. The van der Waals surface area contributed by atoms with Gasteiger partial charge in [0.05, 0.1) is 30.2 Å². The molecule has 26 heavy (non-hydrogen) atoms. The molecule has 0 aliphatic carbocycles. The van der Waals surface area contributed by atoms with Crippen molar-refractivity contribution in [3.8, 4) is 11.5 Å². The van der Waals surface area contributed by atoms with E-state index in [0.29, 0.717) is 28.6 Å². The summed E-state index contributed by atoms with van der Waals surface area (Å²) < 4.78 is 27.2. The summed E-state index contributed by atoms with van der Waals surface area (Å²) in [5, 5.41) is 2.56. The average molecular weight is 375 g/mol. The lowest BCUT2D eigenvalue weighted by Gasteiger charge is -2.12. The standard InChI is InChI=1S/C21H22ClFNO2/c1-4-6-19-15-12-21(26-3)20(25-2)11-14(15)9-10-24(19)13-16-17(22)7-5-8-18(16)23/h5,7-12H,4,6,13H2,1-3H3/q+1. The molecule has 0 bridgehead atoms. The topological polar surface area (TPSA) is 22.3 Å². The monoisotopic (exact) mass is 374 g/mol. The molecule has 1 aromatic heterocycles. The zero-order chi connectivity index (χ0) is 18.7. The molecule has 3 rings (SSSR count). The Morgan fingerprint density at radius 3 is 2.46 bits per heavy atom. The Labute approximate surface area is 157 Å². The summed E-state index contributed by atoms with van der Waals surface area (Å²) in [6.07, 6.45) is 3.80. The minimum absolute atomic E-state index is 0.292. The van der Waals surface area contributed by atoms with Crippen molar-refractivity contribution in [1.82, 2.24) is 0 Å². The lowest BCUT2D eigenvalue weighted by molar-refractivity contribution is -0.694. The fourth-order valence-corrected chi connectivity index (χ4v) is 3.44. The van der Waals surface area contributed by atoms with Crippen LogP contribution in [-0.4, -0.2) is 14.2 Å². The maximum atomic E-state index is 14.3. The molecule has 0 radical (unpaired) electrons. The third kappa shape index (κ3) is 3.47. The molecule has 0 spiro atoms. The van der Waals surface area contributed by atoms with Gasteiger partial charge in [0.1, 0.15) is 5.82 Å². The fourth-order valence-electron chi connectivity index (χ4n) is 3.21. The van der Waals surface area contributed by atoms with Crippen LogP contribution in [0.5, 0.6) is 11.5 Å². The van der Waals surface area contributed by atoms with E-state index in [-0.39, 0.29) is 5.82 Å². The summed E-state index contributed by atoms with van der Waals surface area (Å²) in [5.74, 6) is 1.08. The van der Waals surface area contributed by atoms with Gasteiger partial charge in [0, 0.05) is 12.5 Å². The lowest BCUT2D eigenvalue weighted by atomic mass is 10.0. The number of halogens is 2. The molecular formula is C21H22ClFNO2+. The van der Waals surface area contributed by atoms with E-state index < -0.39 is 0 Å². The first-order valence-electron chi connectivity index (χ1n) is 8.59. The molecule has 0 N–H and O–H groups in total. The molecule has 0 saturated heterocycles. The number of pyridine rings is 1. The number of hydrogen-bond acceptors (Lipinski definition) is 2. The Morgan fingerprint density at radius 1 is 1.08 bits per heavy atom. The van der Waals surface area contributed by atoms with Crippen molar-refractivity contribution < 1.29 is 18.4 Å². The second kappa shape index (κ2) is 7.92. The van der Waals surface area contributed by atoms with Gasteiger partial charge in [-0.05, 0) is 36.1 Å². The van der Waals surface area contributed by atoms with E-state index in [1.165, 1.54) is 6.07 Å². The first-order chi connectivity index (χ1) is 12.6. The van der Waals surface area contributed by atoms with E-state index in [2.05, 4.69) is 11.5 Å². The van der Waals surface area contributed by atoms with Crippen LogP contribution in [0, 0.1) is 5.82 Å². The van der Waals surface area contributed by atoms with Crippen LogP contribution in [0.4, 0.5) is 4.39 Å². The molecule has 0 aliphatic heterocycles. The number of aryl methyl sites for hydroxylation is 1. The number of nitrogens with zero attached hydrogens (tertiary/aromatic N) is 1. The van der Waals surface area contributed by atoms with Gasteiger partial charge in [-0.2, -0.15) is 4.57 Å². The average Bonchev–Trinajstić information content (AvgIpc) is 2.65. The van der Waals surface area contributed by atoms with Crippen molar-refractivity contribution in [3.63, 3.8) is 0 Å². The lowest BCUT2D eigenvalue weighted by Crippen LogP contribution is -2.39. The number of hydrogen-bond donors (Lipinski definition) is 0. The normalized spacial score (nSPS) is 11.0. The molecule has 5 heteroatoms. The molecule has 0 amide bonds. The summed E-state index contributed by atoms with van der Waals surface area (Å²) in [6, 6.07) is 10.7. The third-order valence-corrected chi connectivity index (χ3v) is 4.88. The van der Waals surface area contributed by atoms with Crippen molar-refractivity contribution in [1.29, 1.82) is 0 Å². The van der Waals surface area contributed by atoms with E-state index >= 15 is 0 Å². The van der Waals surface area contributed by atoms with E-state index in [1.54, 1.807) is 26.4 Å². The van der Waals surface area contributed by atoms with Gasteiger partial charge in [0.25, 0.3) is 0 Å². The number of methoxy groups -OCH3 is 2. The number of aromatic nitrogens is 1. The van der Waals surface area contributed by atoms with Crippen LogP contribution in [-0.2, 0) is 13.0 Å². The maximum Gasteiger partial charge on any atom is 0.189 e. The maximum absolute atomic E-state index is 14.3. The van der Waals surface area contributed by atoms with E-state index in [0.717, 1.165) is 29.3 Å². The molecule has 2 aromatic carbocycles. The SMILES string of the molecule is CCCc1c2cc(OC)c(OC)cc2cc[n+]1Cc1c(F)cccc1Cl. The Bertz CT molecular complexity index is 923. The molecule has 0 fully saturated rings. The predicted molar refractivity (Wildman–Crippen MR) is 102 cm³/mol. The predicted octanol–water partition coefficient (Wildman–Crippen LogP) is 4.94. The van der Waals surface area contributed by atoms with E-state index in [1.807, 2.05) is 24.4 Å². The van der Waals surface area contributed by atoms with Gasteiger partial charge in [-0.25, -0.2) is 4.39 Å². The van der Waals surface area contributed by atoms with Gasteiger partial charge in [-0.15, -0.1) is 0 Å². The van der Waals surface area contributed by atoms with Crippen LogP contribution in [0.1, 0.15) is 24.6 Å². The third-order valence-electron chi connectivity index (χ3n) is 4.52. The highest BCUT2D eigenvalue weighted by Crippen LogP contribution is 2.33. The molecule has 3 aromatic rings. The van der Waals surface area contributed by atoms with Crippen molar-refractivity contribution in [2.45, 2.75) is 26.3 Å². The largest absolute Gasteiger partial charge is 0.493 e. The number of rotatable bonds is 6. The highest BCUT2D eigenvalue weighted by atomic mass is 35.5. The van der Waals surface area contributed by atoms with Gasteiger partial charge >= 0.3 is 0 Å². The van der Waals surface area contributed by atoms with Crippen molar-refractivity contribution in [2.24, 2.45) is 0 Å². The van der Waals surface area contributed by atoms with Crippen LogP contribution in [0.3, 0.4) is 0 Å². The Morgan fingerprint density at radius 2 is 1.81 bits per heavy atom. The van der Waals surface area contributed by atoms with Crippen LogP contribution in [0.15, 0.2) is 42.6 Å². The molecule has 136 valence electrons. The van der Waals surface area contributed by atoms with Crippen molar-refractivity contribution in [2.75, 3.05) is 14.2 Å². The molecule has 0 unspecified atom stereocenters. The number of benzene rings is 2. The van der Waals surface area contributed by atoms with Gasteiger partial charge in [-0.3, -0.25) is 0 Å². The summed E-state index contributed by atoms with van der Waals surface area (Å²) >= 11 is 6.22. The Balaban J connectivity index is 2.17. The van der Waals surface area contributed by atoms with E-state index in [9.17, 15) is 4.39 Å². The van der Waals surface area contributed by atoms with Crippen LogP contribution in [0.25, 0.3) is 10.8 Å². The second-order valence-electron chi connectivity index (χ2n) is 6.13. The second-order valence-corrected chi connectivity index (χ2v) is 6.54. The molecule has 0 atom stereocenters. The summed E-state index contributed by atoms with van der Waals surface area (Å²) in [4.78, 5) is 0. The molecule has 0 aliphatic rings. The van der Waals surface area contributed by atoms with Crippen LogP contribution in [0.2, 0.25) is 5.02 Å². The van der Waals surface area contributed by atoms with Crippen molar-refractivity contribution >= 4 is 22.4 Å². The first-order valence-corrected chi connectivity index (χ1v) is 8.96. The smallest absolute Gasteiger partial charge is 0.189 e. The quantitative estimate of drug-likeness (QED) is 0.570. The Hall–Kier alpha value is -2.33.